The van der Waals surface area contributed by atoms with Gasteiger partial charge in [-0.05, 0) is 36.2 Å². The maximum Gasteiger partial charge on any atom is 0.137 e. The first-order chi connectivity index (χ1) is 10.4. The van der Waals surface area contributed by atoms with E-state index in [1.807, 2.05) is 18.3 Å². The number of hydrogen-bond donors (Lipinski definition) is 1. The zero-order chi connectivity index (χ0) is 15.9. The molecule has 3 aromatic rings. The quantitative estimate of drug-likeness (QED) is 0.788. The van der Waals surface area contributed by atoms with Crippen LogP contribution in [-0.2, 0) is 5.41 Å². The fraction of sp³-hybridized carbons (Fsp3) is 0.333. The van der Waals surface area contributed by atoms with Crippen LogP contribution in [0, 0.1) is 6.92 Å². The lowest BCUT2D eigenvalue weighted by Crippen LogP contribution is -2.22. The molecule has 0 spiro atoms. The smallest absolute Gasteiger partial charge is 0.137 e. The first kappa shape index (κ1) is 14.7. The van der Waals surface area contributed by atoms with Gasteiger partial charge in [-0.1, -0.05) is 26.8 Å². The number of pyridine rings is 2. The van der Waals surface area contributed by atoms with Gasteiger partial charge in [0.25, 0.3) is 0 Å². The van der Waals surface area contributed by atoms with E-state index in [9.17, 15) is 0 Å². The summed E-state index contributed by atoms with van der Waals surface area (Å²) in [5.41, 5.74) is 11.7. The molecule has 0 amide bonds. The summed E-state index contributed by atoms with van der Waals surface area (Å²) in [5.74, 6) is 0. The third kappa shape index (κ3) is 2.50. The van der Waals surface area contributed by atoms with Gasteiger partial charge in [0.2, 0.25) is 0 Å². The highest BCUT2D eigenvalue weighted by atomic mass is 15.0. The molecule has 3 rings (SSSR count). The van der Waals surface area contributed by atoms with Crippen LogP contribution in [0.15, 0.2) is 42.9 Å². The Hall–Kier alpha value is -2.20. The maximum atomic E-state index is 6.56. The van der Waals surface area contributed by atoms with E-state index in [0.29, 0.717) is 0 Å². The lowest BCUT2D eigenvalue weighted by Gasteiger charge is -2.21. The van der Waals surface area contributed by atoms with Crippen LogP contribution in [0.2, 0.25) is 0 Å². The summed E-state index contributed by atoms with van der Waals surface area (Å²) in [6.45, 7) is 8.58. The molecule has 2 N–H and O–H groups in total. The second-order valence-electron chi connectivity index (χ2n) is 6.79. The number of imidazole rings is 1. The van der Waals surface area contributed by atoms with Crippen LogP contribution in [0.1, 0.15) is 49.3 Å². The standard InChI is InChI=1S/C18H22N4/c1-12-7-9-22-14(10-12)21-17(18(2,3)4)16(22)15(19)13-6-5-8-20-11-13/h5-11,15H,19H2,1-4H3. The molecular formula is C18H22N4. The van der Waals surface area contributed by atoms with Crippen LogP contribution in [0.4, 0.5) is 0 Å². The number of hydrogen-bond acceptors (Lipinski definition) is 3. The zero-order valence-electron chi connectivity index (χ0n) is 13.5. The Morgan fingerprint density at radius 3 is 2.64 bits per heavy atom. The highest BCUT2D eigenvalue weighted by molar-refractivity contribution is 5.49. The molecule has 1 unspecified atom stereocenters. The second-order valence-corrected chi connectivity index (χ2v) is 6.79. The molecule has 0 aliphatic rings. The van der Waals surface area contributed by atoms with Crippen LogP contribution in [0.5, 0.6) is 0 Å². The van der Waals surface area contributed by atoms with E-state index in [0.717, 1.165) is 22.6 Å². The van der Waals surface area contributed by atoms with Crippen LogP contribution in [-0.4, -0.2) is 14.4 Å². The summed E-state index contributed by atoms with van der Waals surface area (Å²) in [7, 11) is 0. The average Bonchev–Trinajstić information content (AvgIpc) is 2.86. The van der Waals surface area contributed by atoms with Gasteiger partial charge in [-0.15, -0.1) is 0 Å². The Kier molecular flexibility index (Phi) is 3.49. The second kappa shape index (κ2) is 5.21. The van der Waals surface area contributed by atoms with Crippen LogP contribution < -0.4 is 5.73 Å². The Morgan fingerprint density at radius 1 is 1.23 bits per heavy atom. The molecule has 114 valence electrons. The third-order valence-electron chi connectivity index (χ3n) is 3.87. The highest BCUT2D eigenvalue weighted by Gasteiger charge is 2.27. The first-order valence-electron chi connectivity index (χ1n) is 7.52. The molecule has 22 heavy (non-hydrogen) atoms. The predicted octanol–water partition coefficient (Wildman–Crippen LogP) is 3.38. The van der Waals surface area contributed by atoms with E-state index in [4.69, 9.17) is 10.7 Å². The number of aromatic nitrogens is 3. The highest BCUT2D eigenvalue weighted by Crippen LogP contribution is 2.32. The van der Waals surface area contributed by atoms with Crippen molar-refractivity contribution >= 4 is 5.65 Å². The SMILES string of the molecule is Cc1ccn2c(C(N)c3cccnc3)c(C(C)(C)C)nc2c1. The zero-order valence-corrected chi connectivity index (χ0v) is 13.5. The molecule has 4 heteroatoms. The van der Waals surface area contributed by atoms with E-state index >= 15 is 0 Å². The summed E-state index contributed by atoms with van der Waals surface area (Å²) >= 11 is 0. The molecular weight excluding hydrogens is 272 g/mol. The number of fused-ring (bicyclic) bond motifs is 1. The van der Waals surface area contributed by atoms with E-state index in [-0.39, 0.29) is 11.5 Å². The van der Waals surface area contributed by atoms with E-state index in [1.165, 1.54) is 5.56 Å². The monoisotopic (exact) mass is 294 g/mol. The van der Waals surface area contributed by atoms with Crippen molar-refractivity contribution < 1.29 is 0 Å². The van der Waals surface area contributed by atoms with Gasteiger partial charge in [0.15, 0.2) is 0 Å². The number of aryl methyl sites for hydroxylation is 1. The molecule has 1 atom stereocenters. The average molecular weight is 294 g/mol. The van der Waals surface area contributed by atoms with Crippen molar-refractivity contribution in [1.82, 2.24) is 14.4 Å². The molecule has 0 aliphatic heterocycles. The van der Waals surface area contributed by atoms with Crippen molar-refractivity contribution in [1.29, 1.82) is 0 Å². The Morgan fingerprint density at radius 2 is 2.00 bits per heavy atom. The minimum atomic E-state index is -0.249. The number of nitrogens with two attached hydrogens (primary N) is 1. The van der Waals surface area contributed by atoms with Crippen LogP contribution in [0.25, 0.3) is 5.65 Å². The normalized spacial score (nSPS) is 13.5. The topological polar surface area (TPSA) is 56.2 Å². The number of rotatable bonds is 2. The van der Waals surface area contributed by atoms with Gasteiger partial charge < -0.3 is 10.1 Å². The summed E-state index contributed by atoms with van der Waals surface area (Å²) < 4.78 is 2.10. The van der Waals surface area contributed by atoms with Crippen molar-refractivity contribution in [3.63, 3.8) is 0 Å². The molecule has 0 radical (unpaired) electrons. The van der Waals surface area contributed by atoms with Crippen molar-refractivity contribution in [2.45, 2.75) is 39.2 Å². The number of nitrogens with zero attached hydrogens (tertiary/aromatic N) is 3. The largest absolute Gasteiger partial charge is 0.319 e. The minimum Gasteiger partial charge on any atom is -0.319 e. The van der Waals surface area contributed by atoms with Crippen molar-refractivity contribution in [2.75, 3.05) is 0 Å². The predicted molar refractivity (Wildman–Crippen MR) is 88.9 cm³/mol. The van der Waals surface area contributed by atoms with Gasteiger partial charge in [-0.25, -0.2) is 4.98 Å². The van der Waals surface area contributed by atoms with Gasteiger partial charge in [-0.3, -0.25) is 4.98 Å². The molecule has 0 bridgehead atoms. The molecule has 3 heterocycles. The van der Waals surface area contributed by atoms with E-state index < -0.39 is 0 Å². The summed E-state index contributed by atoms with van der Waals surface area (Å²) in [4.78, 5) is 9.05. The molecule has 0 fully saturated rings. The summed E-state index contributed by atoms with van der Waals surface area (Å²) in [6.07, 6.45) is 5.64. The van der Waals surface area contributed by atoms with Gasteiger partial charge in [0, 0.05) is 24.0 Å². The minimum absolute atomic E-state index is 0.0743. The first-order valence-corrected chi connectivity index (χ1v) is 7.52. The van der Waals surface area contributed by atoms with E-state index in [2.05, 4.69) is 55.4 Å². The molecule has 0 saturated heterocycles. The van der Waals surface area contributed by atoms with Crippen LogP contribution in [0.3, 0.4) is 0 Å². The van der Waals surface area contributed by atoms with E-state index in [1.54, 1.807) is 6.20 Å². The molecule has 0 saturated carbocycles. The van der Waals surface area contributed by atoms with Gasteiger partial charge in [0.1, 0.15) is 5.65 Å². The van der Waals surface area contributed by atoms with Gasteiger partial charge >= 0.3 is 0 Å². The molecule has 4 nitrogen and oxygen atoms in total. The van der Waals surface area contributed by atoms with Crippen LogP contribution >= 0.6 is 0 Å². The summed E-state index contributed by atoms with van der Waals surface area (Å²) in [6, 6.07) is 7.85. The Bertz CT molecular complexity index is 797. The fourth-order valence-electron chi connectivity index (χ4n) is 2.73. The lowest BCUT2D eigenvalue weighted by molar-refractivity contribution is 0.558. The van der Waals surface area contributed by atoms with Gasteiger partial charge in [0.05, 0.1) is 17.4 Å². The molecule has 3 aromatic heterocycles. The molecule has 0 aromatic carbocycles. The maximum absolute atomic E-state index is 6.56. The Labute approximate surface area is 131 Å². The molecule has 0 aliphatic carbocycles. The lowest BCUT2D eigenvalue weighted by atomic mass is 9.88. The summed E-state index contributed by atoms with van der Waals surface area (Å²) in [5, 5.41) is 0. The van der Waals surface area contributed by atoms with Crippen molar-refractivity contribution in [2.24, 2.45) is 5.73 Å². The van der Waals surface area contributed by atoms with Gasteiger partial charge in [-0.2, -0.15) is 0 Å². The van der Waals surface area contributed by atoms with Crippen molar-refractivity contribution in [3.05, 3.63) is 65.4 Å². The third-order valence-corrected chi connectivity index (χ3v) is 3.87. The fourth-order valence-corrected chi connectivity index (χ4v) is 2.73. The van der Waals surface area contributed by atoms with Crippen molar-refractivity contribution in [3.8, 4) is 0 Å². The Balaban J connectivity index is 2.26.